The van der Waals surface area contributed by atoms with E-state index >= 15 is 0 Å². The lowest BCUT2D eigenvalue weighted by atomic mass is 10.2. The van der Waals surface area contributed by atoms with E-state index in [1.807, 2.05) is 25.3 Å². The van der Waals surface area contributed by atoms with Crippen LogP contribution in [0.5, 0.6) is 5.75 Å². The van der Waals surface area contributed by atoms with Crippen LogP contribution >= 0.6 is 11.8 Å². The minimum absolute atomic E-state index is 0.277. The van der Waals surface area contributed by atoms with Crippen LogP contribution < -0.4 is 4.74 Å². The Morgan fingerprint density at radius 3 is 2.88 bits per heavy atom. The number of hydrogen-bond donors (Lipinski definition) is 0. The zero-order valence-electron chi connectivity index (χ0n) is 15.9. The summed E-state index contributed by atoms with van der Waals surface area (Å²) in [7, 11) is 2.10. The van der Waals surface area contributed by atoms with Gasteiger partial charge in [0.2, 0.25) is 0 Å². The van der Waals surface area contributed by atoms with Crippen LogP contribution in [0.3, 0.4) is 0 Å². The Hall–Kier alpha value is -1.57. The zero-order valence-corrected chi connectivity index (χ0v) is 16.7. The van der Waals surface area contributed by atoms with E-state index in [4.69, 9.17) is 9.47 Å². The number of benzene rings is 1. The van der Waals surface area contributed by atoms with Crippen LogP contribution in [-0.2, 0) is 24.4 Å². The second-order valence-electron chi connectivity index (χ2n) is 6.56. The molecule has 2 aromatic rings. The summed E-state index contributed by atoms with van der Waals surface area (Å²) in [6.07, 6.45) is 4.58. The van der Waals surface area contributed by atoms with Gasteiger partial charge in [0.15, 0.2) is 5.16 Å². The van der Waals surface area contributed by atoms with Crippen molar-refractivity contribution in [3.05, 3.63) is 35.7 Å². The number of para-hydroxylation sites is 1. The van der Waals surface area contributed by atoms with Crippen molar-refractivity contribution in [2.45, 2.75) is 50.7 Å². The zero-order chi connectivity index (χ0) is 18.4. The van der Waals surface area contributed by atoms with E-state index < -0.39 is 0 Å². The summed E-state index contributed by atoms with van der Waals surface area (Å²) in [6, 6.07) is 8.21. The van der Waals surface area contributed by atoms with E-state index in [0.29, 0.717) is 6.61 Å². The smallest absolute Gasteiger partial charge is 0.191 e. The molecule has 1 saturated heterocycles. The lowest BCUT2D eigenvalue weighted by Gasteiger charge is -2.20. The first kappa shape index (κ1) is 19.2. The molecule has 2 heterocycles. The second-order valence-corrected chi connectivity index (χ2v) is 7.33. The number of ether oxygens (including phenoxy) is 2. The largest absolute Gasteiger partial charge is 0.494 e. The summed E-state index contributed by atoms with van der Waals surface area (Å²) < 4.78 is 13.8. The molecule has 7 heteroatoms. The van der Waals surface area contributed by atoms with Crippen LogP contribution in [-0.4, -0.2) is 52.3 Å². The molecule has 1 aromatic heterocycles. The van der Waals surface area contributed by atoms with Crippen molar-refractivity contribution < 1.29 is 9.47 Å². The van der Waals surface area contributed by atoms with Crippen LogP contribution in [0.1, 0.15) is 31.2 Å². The van der Waals surface area contributed by atoms with Crippen molar-refractivity contribution in [3.63, 3.8) is 0 Å². The number of aromatic nitrogens is 3. The maximum absolute atomic E-state index is 5.81. The quantitative estimate of drug-likeness (QED) is 0.627. The summed E-state index contributed by atoms with van der Waals surface area (Å²) in [5.74, 6) is 1.94. The highest BCUT2D eigenvalue weighted by atomic mass is 32.2. The van der Waals surface area contributed by atoms with Gasteiger partial charge in [0, 0.05) is 18.7 Å². The number of rotatable bonds is 9. The Bertz CT molecular complexity index is 701. The van der Waals surface area contributed by atoms with Crippen molar-refractivity contribution >= 4 is 11.8 Å². The van der Waals surface area contributed by atoms with Crippen LogP contribution in [0.25, 0.3) is 0 Å². The van der Waals surface area contributed by atoms with Gasteiger partial charge in [-0.3, -0.25) is 4.90 Å². The summed E-state index contributed by atoms with van der Waals surface area (Å²) in [6.45, 7) is 5.93. The fraction of sp³-hybridized carbons (Fsp3) is 0.579. The van der Waals surface area contributed by atoms with Gasteiger partial charge in [-0.05, 0) is 39.1 Å². The monoisotopic (exact) mass is 376 g/mol. The van der Waals surface area contributed by atoms with Crippen molar-refractivity contribution in [1.29, 1.82) is 0 Å². The van der Waals surface area contributed by atoms with Gasteiger partial charge >= 0.3 is 0 Å². The molecule has 0 spiro atoms. The third-order valence-corrected chi connectivity index (χ3v) is 5.18. The topological polar surface area (TPSA) is 52.4 Å². The molecular weight excluding hydrogens is 348 g/mol. The maximum Gasteiger partial charge on any atom is 0.191 e. The Balaban J connectivity index is 1.69. The van der Waals surface area contributed by atoms with E-state index in [0.717, 1.165) is 55.8 Å². The molecule has 26 heavy (non-hydrogen) atoms. The first-order valence-electron chi connectivity index (χ1n) is 9.18. The van der Waals surface area contributed by atoms with Gasteiger partial charge in [-0.15, -0.1) is 10.2 Å². The molecule has 1 aromatic carbocycles. The van der Waals surface area contributed by atoms with Crippen LogP contribution in [0.4, 0.5) is 0 Å². The normalized spacial score (nSPS) is 17.2. The molecule has 0 bridgehead atoms. The van der Waals surface area contributed by atoms with E-state index in [1.165, 1.54) is 5.56 Å². The van der Waals surface area contributed by atoms with Gasteiger partial charge in [-0.2, -0.15) is 0 Å². The Morgan fingerprint density at radius 2 is 2.15 bits per heavy atom. The molecule has 6 nitrogen and oxygen atoms in total. The predicted octanol–water partition coefficient (Wildman–Crippen LogP) is 3.21. The molecule has 1 fully saturated rings. The van der Waals surface area contributed by atoms with Gasteiger partial charge in [0.05, 0.1) is 25.8 Å². The molecule has 142 valence electrons. The van der Waals surface area contributed by atoms with Crippen molar-refractivity contribution in [2.24, 2.45) is 0 Å². The first-order chi connectivity index (χ1) is 12.7. The minimum atomic E-state index is 0.277. The molecule has 0 amide bonds. The third-order valence-electron chi connectivity index (χ3n) is 4.51. The fourth-order valence-electron chi connectivity index (χ4n) is 3.28. The highest BCUT2D eigenvalue weighted by Gasteiger charge is 2.21. The Morgan fingerprint density at radius 1 is 1.31 bits per heavy atom. The first-order valence-corrected chi connectivity index (χ1v) is 10.4. The van der Waals surface area contributed by atoms with Crippen LogP contribution in [0.15, 0.2) is 29.4 Å². The fourth-order valence-corrected chi connectivity index (χ4v) is 3.80. The predicted molar refractivity (Wildman–Crippen MR) is 104 cm³/mol. The second kappa shape index (κ2) is 9.39. The van der Waals surface area contributed by atoms with E-state index in [-0.39, 0.29) is 6.10 Å². The molecule has 1 atom stereocenters. The van der Waals surface area contributed by atoms with E-state index in [1.54, 1.807) is 11.8 Å². The van der Waals surface area contributed by atoms with Crippen molar-refractivity contribution in [2.75, 3.05) is 26.5 Å². The maximum atomic E-state index is 5.81. The average Bonchev–Trinajstić information content (AvgIpc) is 3.28. The van der Waals surface area contributed by atoms with Gasteiger partial charge in [0.1, 0.15) is 11.6 Å². The highest BCUT2D eigenvalue weighted by molar-refractivity contribution is 7.98. The number of nitrogens with zero attached hydrogens (tertiary/aromatic N) is 4. The molecule has 0 saturated carbocycles. The van der Waals surface area contributed by atoms with Gasteiger partial charge in [0.25, 0.3) is 0 Å². The standard InChI is InChI=1S/C19H28N4O2S/c1-4-24-17-10-6-5-8-15(17)12-22(2)14-18-20-21-19(26-3)23(18)13-16-9-7-11-25-16/h5-6,8,10,16H,4,7,9,11-14H2,1-3H3/t16-/m0/s1. The van der Waals surface area contributed by atoms with Gasteiger partial charge < -0.3 is 14.0 Å². The van der Waals surface area contributed by atoms with Crippen LogP contribution in [0, 0.1) is 0 Å². The molecule has 0 radical (unpaired) electrons. The molecule has 0 aliphatic carbocycles. The molecule has 1 aliphatic heterocycles. The summed E-state index contributed by atoms with van der Waals surface area (Å²) in [5.41, 5.74) is 1.19. The summed E-state index contributed by atoms with van der Waals surface area (Å²) in [4.78, 5) is 2.25. The molecule has 0 N–H and O–H groups in total. The summed E-state index contributed by atoms with van der Waals surface area (Å²) >= 11 is 1.64. The Kier molecular flexibility index (Phi) is 6.93. The number of thioether (sulfide) groups is 1. The lowest BCUT2D eigenvalue weighted by Crippen LogP contribution is -2.23. The molecule has 0 unspecified atom stereocenters. The van der Waals surface area contributed by atoms with Gasteiger partial charge in [-0.25, -0.2) is 0 Å². The molecule has 1 aliphatic rings. The minimum Gasteiger partial charge on any atom is -0.494 e. The van der Waals surface area contributed by atoms with E-state index in [9.17, 15) is 0 Å². The van der Waals surface area contributed by atoms with Crippen molar-refractivity contribution in [3.8, 4) is 5.75 Å². The average molecular weight is 377 g/mol. The molecular formula is C19H28N4O2S. The van der Waals surface area contributed by atoms with Crippen LogP contribution in [0.2, 0.25) is 0 Å². The van der Waals surface area contributed by atoms with E-state index in [2.05, 4.69) is 38.8 Å². The third kappa shape index (κ3) is 4.78. The molecule has 3 rings (SSSR count). The van der Waals surface area contributed by atoms with Gasteiger partial charge in [-0.1, -0.05) is 30.0 Å². The van der Waals surface area contributed by atoms with Crippen molar-refractivity contribution in [1.82, 2.24) is 19.7 Å². The highest BCUT2D eigenvalue weighted by Crippen LogP contribution is 2.22. The SMILES string of the molecule is CCOc1ccccc1CN(C)Cc1nnc(SC)n1C[C@@H]1CCCO1. The summed E-state index contributed by atoms with van der Waals surface area (Å²) in [5, 5.41) is 9.74. The Labute approximate surface area is 159 Å². The number of hydrogen-bond acceptors (Lipinski definition) is 6. The lowest BCUT2D eigenvalue weighted by molar-refractivity contribution is 0.0934.